The second kappa shape index (κ2) is 5.39. The van der Waals surface area contributed by atoms with Crippen molar-refractivity contribution in [2.45, 2.75) is 26.7 Å². The maximum absolute atomic E-state index is 12.4. The molecule has 2 aromatic heterocycles. The fraction of sp³-hybridized carbons (Fsp3) is 0.235. The number of carbonyl (C=O) groups is 1. The van der Waals surface area contributed by atoms with E-state index >= 15 is 0 Å². The Morgan fingerprint density at radius 2 is 1.87 bits per heavy atom. The number of aromatic carboxylic acids is 1. The molecule has 0 radical (unpaired) electrons. The first-order valence-corrected chi connectivity index (χ1v) is 7.20. The van der Waals surface area contributed by atoms with Crippen molar-refractivity contribution in [1.29, 1.82) is 0 Å². The van der Waals surface area contributed by atoms with Gasteiger partial charge in [0.1, 0.15) is 11.0 Å². The van der Waals surface area contributed by atoms with Crippen LogP contribution in [0.5, 0.6) is 0 Å². The standard InChI is InChI=1S/C17H14O6/c1-3-4-9-6-10-8(2)5-13(19)23-16(10)14-11(18)7-12(17(20)21)22-15(9)14/h5-7H,3-4H2,1-2H3,(H,20,21). The van der Waals surface area contributed by atoms with Gasteiger partial charge in [-0.05, 0) is 30.5 Å². The summed E-state index contributed by atoms with van der Waals surface area (Å²) < 4.78 is 10.6. The van der Waals surface area contributed by atoms with Crippen molar-refractivity contribution in [1.82, 2.24) is 0 Å². The third-order valence-electron chi connectivity index (χ3n) is 3.72. The van der Waals surface area contributed by atoms with Gasteiger partial charge in [0.15, 0.2) is 11.0 Å². The van der Waals surface area contributed by atoms with Crippen LogP contribution < -0.4 is 11.1 Å². The Labute approximate surface area is 130 Å². The molecule has 3 rings (SSSR count). The van der Waals surface area contributed by atoms with E-state index in [9.17, 15) is 14.4 Å². The molecule has 0 unspecified atom stereocenters. The fourth-order valence-corrected chi connectivity index (χ4v) is 2.72. The highest BCUT2D eigenvalue weighted by atomic mass is 16.4. The molecule has 23 heavy (non-hydrogen) atoms. The SMILES string of the molecule is CCCc1cc2c(C)cc(=O)oc2c2c(=O)cc(C(=O)O)oc12. The van der Waals surface area contributed by atoms with Gasteiger partial charge in [-0.1, -0.05) is 13.3 Å². The highest BCUT2D eigenvalue weighted by Crippen LogP contribution is 2.29. The lowest BCUT2D eigenvalue weighted by molar-refractivity contribution is 0.0663. The molecule has 3 aromatic rings. The first-order chi connectivity index (χ1) is 10.9. The van der Waals surface area contributed by atoms with E-state index in [0.29, 0.717) is 22.9 Å². The van der Waals surface area contributed by atoms with Gasteiger partial charge >= 0.3 is 11.6 Å². The van der Waals surface area contributed by atoms with Crippen molar-refractivity contribution in [3.05, 3.63) is 55.7 Å². The molecule has 0 fully saturated rings. The quantitative estimate of drug-likeness (QED) is 0.589. The summed E-state index contributed by atoms with van der Waals surface area (Å²) in [7, 11) is 0. The van der Waals surface area contributed by atoms with Crippen LogP contribution in [0.15, 0.2) is 36.6 Å². The number of hydrogen-bond acceptors (Lipinski definition) is 5. The predicted molar refractivity (Wildman–Crippen MR) is 84.2 cm³/mol. The number of aryl methyl sites for hydroxylation is 2. The number of fused-ring (bicyclic) bond motifs is 3. The summed E-state index contributed by atoms with van der Waals surface area (Å²) in [5.74, 6) is -1.76. The molecule has 0 bridgehead atoms. The van der Waals surface area contributed by atoms with E-state index in [1.54, 1.807) is 13.0 Å². The van der Waals surface area contributed by atoms with E-state index in [4.69, 9.17) is 13.9 Å². The minimum atomic E-state index is -1.32. The molecule has 1 aromatic carbocycles. The van der Waals surface area contributed by atoms with Gasteiger partial charge in [-0.15, -0.1) is 0 Å². The molecule has 0 spiro atoms. The van der Waals surface area contributed by atoms with Gasteiger partial charge in [0.25, 0.3) is 0 Å². The first kappa shape index (κ1) is 15.0. The minimum Gasteiger partial charge on any atom is -0.475 e. The lowest BCUT2D eigenvalue weighted by Crippen LogP contribution is -2.09. The number of hydrogen-bond donors (Lipinski definition) is 1. The molecule has 2 heterocycles. The van der Waals surface area contributed by atoms with Gasteiger partial charge in [0, 0.05) is 17.5 Å². The summed E-state index contributed by atoms with van der Waals surface area (Å²) in [6.45, 7) is 3.72. The van der Waals surface area contributed by atoms with Crippen LogP contribution in [-0.4, -0.2) is 11.1 Å². The summed E-state index contributed by atoms with van der Waals surface area (Å²) in [4.78, 5) is 35.2. The summed E-state index contributed by atoms with van der Waals surface area (Å²) in [6.07, 6.45) is 1.40. The average Bonchev–Trinajstić information content (AvgIpc) is 2.47. The van der Waals surface area contributed by atoms with Gasteiger partial charge in [-0.2, -0.15) is 0 Å². The van der Waals surface area contributed by atoms with Crippen LogP contribution in [0.4, 0.5) is 0 Å². The molecule has 6 heteroatoms. The molecular formula is C17H14O6. The lowest BCUT2D eigenvalue weighted by Gasteiger charge is -2.09. The van der Waals surface area contributed by atoms with Crippen LogP contribution in [0, 0.1) is 6.92 Å². The monoisotopic (exact) mass is 314 g/mol. The predicted octanol–water partition coefficient (Wildman–Crippen LogP) is 2.86. The van der Waals surface area contributed by atoms with Gasteiger partial charge in [-0.25, -0.2) is 9.59 Å². The molecule has 0 aliphatic carbocycles. The van der Waals surface area contributed by atoms with E-state index < -0.39 is 22.8 Å². The topological polar surface area (TPSA) is 97.7 Å². The summed E-state index contributed by atoms with van der Waals surface area (Å²) in [5, 5.41) is 9.84. The minimum absolute atomic E-state index is 0.108. The zero-order valence-corrected chi connectivity index (χ0v) is 12.6. The molecule has 0 saturated heterocycles. The normalized spacial score (nSPS) is 11.2. The fourth-order valence-electron chi connectivity index (χ4n) is 2.72. The maximum atomic E-state index is 12.4. The molecular weight excluding hydrogens is 300 g/mol. The van der Waals surface area contributed by atoms with Crippen molar-refractivity contribution < 1.29 is 18.7 Å². The molecule has 118 valence electrons. The molecule has 6 nitrogen and oxygen atoms in total. The van der Waals surface area contributed by atoms with E-state index in [-0.39, 0.29) is 16.6 Å². The van der Waals surface area contributed by atoms with Crippen LogP contribution >= 0.6 is 0 Å². The molecule has 0 atom stereocenters. The van der Waals surface area contributed by atoms with Crippen molar-refractivity contribution >= 4 is 27.9 Å². The van der Waals surface area contributed by atoms with Crippen LogP contribution in [-0.2, 0) is 6.42 Å². The van der Waals surface area contributed by atoms with Crippen LogP contribution in [0.3, 0.4) is 0 Å². The van der Waals surface area contributed by atoms with E-state index in [2.05, 4.69) is 0 Å². The van der Waals surface area contributed by atoms with E-state index in [1.807, 2.05) is 6.92 Å². The van der Waals surface area contributed by atoms with E-state index in [0.717, 1.165) is 12.5 Å². The van der Waals surface area contributed by atoms with Crippen molar-refractivity contribution in [2.24, 2.45) is 0 Å². The first-order valence-electron chi connectivity index (χ1n) is 7.20. The number of rotatable bonds is 3. The van der Waals surface area contributed by atoms with Crippen LogP contribution in [0.2, 0.25) is 0 Å². The Bertz CT molecular complexity index is 1050. The zero-order chi connectivity index (χ0) is 16.7. The second-order valence-electron chi connectivity index (χ2n) is 5.40. The molecule has 0 amide bonds. The van der Waals surface area contributed by atoms with Gasteiger partial charge in [-0.3, -0.25) is 4.79 Å². The Morgan fingerprint density at radius 3 is 2.52 bits per heavy atom. The highest BCUT2D eigenvalue weighted by Gasteiger charge is 2.18. The number of carboxylic acid groups (broad SMARTS) is 1. The van der Waals surface area contributed by atoms with Crippen LogP contribution in [0.25, 0.3) is 21.9 Å². The Kier molecular flexibility index (Phi) is 3.52. The third-order valence-corrected chi connectivity index (χ3v) is 3.72. The summed E-state index contributed by atoms with van der Waals surface area (Å²) in [5.41, 5.74) is 0.597. The Morgan fingerprint density at radius 1 is 1.13 bits per heavy atom. The number of benzene rings is 1. The van der Waals surface area contributed by atoms with Crippen molar-refractivity contribution in [3.63, 3.8) is 0 Å². The second-order valence-corrected chi connectivity index (χ2v) is 5.40. The maximum Gasteiger partial charge on any atom is 0.371 e. The Hall–Kier alpha value is -2.89. The van der Waals surface area contributed by atoms with Gasteiger partial charge < -0.3 is 13.9 Å². The van der Waals surface area contributed by atoms with Gasteiger partial charge in [0.2, 0.25) is 5.76 Å². The Balaban J connectivity index is 2.60. The molecule has 1 N–H and O–H groups in total. The largest absolute Gasteiger partial charge is 0.475 e. The van der Waals surface area contributed by atoms with Gasteiger partial charge in [0.05, 0.1) is 0 Å². The number of carboxylic acids is 1. The highest BCUT2D eigenvalue weighted by molar-refractivity contribution is 6.05. The van der Waals surface area contributed by atoms with Crippen molar-refractivity contribution in [2.75, 3.05) is 0 Å². The summed E-state index contributed by atoms with van der Waals surface area (Å²) >= 11 is 0. The zero-order valence-electron chi connectivity index (χ0n) is 12.6. The lowest BCUT2D eigenvalue weighted by atomic mass is 10.0. The smallest absolute Gasteiger partial charge is 0.371 e. The molecule has 0 saturated carbocycles. The van der Waals surface area contributed by atoms with Crippen molar-refractivity contribution in [3.8, 4) is 0 Å². The van der Waals surface area contributed by atoms with E-state index in [1.165, 1.54) is 6.07 Å². The third kappa shape index (κ3) is 2.42. The molecule has 0 aliphatic rings. The summed E-state index contributed by atoms with van der Waals surface area (Å²) in [6, 6.07) is 4.05. The average molecular weight is 314 g/mol. The molecule has 0 aliphatic heterocycles. The van der Waals surface area contributed by atoms with Crippen LogP contribution in [0.1, 0.15) is 35.0 Å².